The molecule has 1 aromatic carbocycles. The van der Waals surface area contributed by atoms with Gasteiger partial charge in [0.2, 0.25) is 0 Å². The Balaban J connectivity index is 2.27. The smallest absolute Gasteiger partial charge is 0.251 e. The zero-order chi connectivity index (χ0) is 11.8. The number of nitrogens with one attached hydrogen (secondary N) is 1. The Morgan fingerprint density at radius 3 is 2.62 bits per heavy atom. The van der Waals surface area contributed by atoms with Gasteiger partial charge in [0.1, 0.15) is 0 Å². The highest BCUT2D eigenvalue weighted by Crippen LogP contribution is 2.05. The first-order valence-electron chi connectivity index (χ1n) is 5.36. The molecule has 0 unspecified atom stereocenters. The molecule has 16 heavy (non-hydrogen) atoms. The van der Waals surface area contributed by atoms with Gasteiger partial charge in [-0.25, -0.2) is 0 Å². The van der Waals surface area contributed by atoms with Crippen LogP contribution in [0, 0.1) is 0 Å². The van der Waals surface area contributed by atoms with Gasteiger partial charge in [-0.3, -0.25) is 4.79 Å². The molecular formula is C12H18N2OS. The summed E-state index contributed by atoms with van der Waals surface area (Å²) in [7, 11) is 0. The third-order valence-electron chi connectivity index (χ3n) is 2.23. The lowest BCUT2D eigenvalue weighted by molar-refractivity contribution is 0.0953. The number of nitrogen functional groups attached to an aromatic ring is 1. The average Bonchev–Trinajstić information content (AvgIpc) is 2.29. The number of hydrogen-bond acceptors (Lipinski definition) is 3. The average molecular weight is 238 g/mol. The van der Waals surface area contributed by atoms with E-state index in [1.807, 2.05) is 11.8 Å². The van der Waals surface area contributed by atoms with Crippen LogP contribution in [0.1, 0.15) is 23.2 Å². The van der Waals surface area contributed by atoms with Crippen LogP contribution in [0.2, 0.25) is 0 Å². The van der Waals surface area contributed by atoms with Crippen LogP contribution in [0.4, 0.5) is 5.69 Å². The molecule has 1 aromatic rings. The van der Waals surface area contributed by atoms with Crippen molar-refractivity contribution < 1.29 is 4.79 Å². The Labute approximate surface area is 101 Å². The summed E-state index contributed by atoms with van der Waals surface area (Å²) in [5.41, 5.74) is 6.89. The van der Waals surface area contributed by atoms with Crippen LogP contribution >= 0.6 is 11.8 Å². The monoisotopic (exact) mass is 238 g/mol. The van der Waals surface area contributed by atoms with Gasteiger partial charge in [0, 0.05) is 17.8 Å². The van der Waals surface area contributed by atoms with Gasteiger partial charge in [0.25, 0.3) is 5.91 Å². The van der Waals surface area contributed by atoms with Gasteiger partial charge in [-0.05, 0) is 49.1 Å². The molecule has 0 bridgehead atoms. The van der Waals surface area contributed by atoms with Crippen LogP contribution in [0.15, 0.2) is 24.3 Å². The summed E-state index contributed by atoms with van der Waals surface area (Å²) in [5, 5.41) is 2.89. The summed E-state index contributed by atoms with van der Waals surface area (Å²) >= 11 is 1.83. The molecular weight excluding hydrogens is 220 g/mol. The minimum atomic E-state index is -0.0239. The van der Waals surface area contributed by atoms with Gasteiger partial charge < -0.3 is 11.1 Å². The molecule has 88 valence electrons. The topological polar surface area (TPSA) is 55.1 Å². The van der Waals surface area contributed by atoms with Crippen molar-refractivity contribution in [2.45, 2.75) is 12.8 Å². The van der Waals surface area contributed by atoms with E-state index < -0.39 is 0 Å². The zero-order valence-corrected chi connectivity index (χ0v) is 10.3. The number of carbonyl (C=O) groups excluding carboxylic acids is 1. The number of hydrogen-bond donors (Lipinski definition) is 2. The van der Waals surface area contributed by atoms with Crippen LogP contribution in [0.5, 0.6) is 0 Å². The summed E-state index contributed by atoms with van der Waals surface area (Å²) in [5.74, 6) is 1.13. The zero-order valence-electron chi connectivity index (χ0n) is 9.53. The van der Waals surface area contributed by atoms with Gasteiger partial charge in [-0.1, -0.05) is 0 Å². The first-order chi connectivity index (χ1) is 7.74. The van der Waals surface area contributed by atoms with E-state index in [1.165, 1.54) is 0 Å². The van der Waals surface area contributed by atoms with Gasteiger partial charge >= 0.3 is 0 Å². The molecule has 0 aliphatic carbocycles. The van der Waals surface area contributed by atoms with E-state index in [2.05, 4.69) is 11.6 Å². The van der Waals surface area contributed by atoms with Crippen molar-refractivity contribution in [2.75, 3.05) is 24.3 Å². The quantitative estimate of drug-likeness (QED) is 0.590. The number of thioether (sulfide) groups is 1. The molecule has 0 radical (unpaired) electrons. The van der Waals surface area contributed by atoms with E-state index in [-0.39, 0.29) is 5.91 Å². The van der Waals surface area contributed by atoms with Gasteiger partial charge in [0.05, 0.1) is 0 Å². The maximum absolute atomic E-state index is 11.6. The van der Waals surface area contributed by atoms with Gasteiger partial charge in [0.15, 0.2) is 0 Å². The number of benzene rings is 1. The van der Waals surface area contributed by atoms with Crippen LogP contribution in [0.3, 0.4) is 0 Å². The predicted molar refractivity (Wildman–Crippen MR) is 70.8 cm³/mol. The first-order valence-corrected chi connectivity index (χ1v) is 6.76. The fourth-order valence-corrected chi connectivity index (χ4v) is 1.80. The van der Waals surface area contributed by atoms with E-state index in [4.69, 9.17) is 5.73 Å². The van der Waals surface area contributed by atoms with Crippen LogP contribution in [0.25, 0.3) is 0 Å². The lowest BCUT2D eigenvalue weighted by atomic mass is 10.2. The van der Waals surface area contributed by atoms with Crippen molar-refractivity contribution >= 4 is 23.4 Å². The highest BCUT2D eigenvalue weighted by Gasteiger charge is 2.03. The largest absolute Gasteiger partial charge is 0.399 e. The summed E-state index contributed by atoms with van der Waals surface area (Å²) in [6, 6.07) is 6.96. The second-order valence-electron chi connectivity index (χ2n) is 3.58. The number of amides is 1. The minimum Gasteiger partial charge on any atom is -0.399 e. The van der Waals surface area contributed by atoms with Crippen LogP contribution in [-0.2, 0) is 0 Å². The highest BCUT2D eigenvalue weighted by atomic mass is 32.2. The molecule has 0 aliphatic rings. The SMILES string of the molecule is CSCCCCNC(=O)c1ccc(N)cc1. The second-order valence-corrected chi connectivity index (χ2v) is 4.56. The molecule has 0 heterocycles. The number of carbonyl (C=O) groups is 1. The van der Waals surface area contributed by atoms with E-state index in [0.717, 1.165) is 25.1 Å². The Morgan fingerprint density at radius 2 is 2.00 bits per heavy atom. The van der Waals surface area contributed by atoms with Crippen molar-refractivity contribution in [1.82, 2.24) is 5.32 Å². The van der Waals surface area contributed by atoms with Crippen LogP contribution in [-0.4, -0.2) is 24.5 Å². The van der Waals surface area contributed by atoms with E-state index in [0.29, 0.717) is 11.3 Å². The molecule has 0 fully saturated rings. The maximum atomic E-state index is 11.6. The molecule has 1 amide bonds. The van der Waals surface area contributed by atoms with Crippen molar-refractivity contribution in [3.05, 3.63) is 29.8 Å². The summed E-state index contributed by atoms with van der Waals surface area (Å²) in [4.78, 5) is 11.6. The molecule has 0 atom stereocenters. The Morgan fingerprint density at radius 1 is 1.31 bits per heavy atom. The second kappa shape index (κ2) is 7.17. The van der Waals surface area contributed by atoms with E-state index in [9.17, 15) is 4.79 Å². The van der Waals surface area contributed by atoms with Crippen LogP contribution < -0.4 is 11.1 Å². The summed E-state index contributed by atoms with van der Waals surface area (Å²) in [6.07, 6.45) is 4.26. The highest BCUT2D eigenvalue weighted by molar-refractivity contribution is 7.98. The Hall–Kier alpha value is -1.16. The molecule has 4 heteroatoms. The minimum absolute atomic E-state index is 0.0239. The molecule has 0 spiro atoms. The third kappa shape index (κ3) is 4.57. The normalized spacial score (nSPS) is 10.1. The fourth-order valence-electron chi connectivity index (χ4n) is 1.31. The number of nitrogens with two attached hydrogens (primary N) is 1. The molecule has 0 saturated heterocycles. The van der Waals surface area contributed by atoms with Crippen molar-refractivity contribution in [3.63, 3.8) is 0 Å². The summed E-state index contributed by atoms with van der Waals surface area (Å²) in [6.45, 7) is 0.740. The number of rotatable bonds is 6. The first kappa shape index (κ1) is 12.9. The van der Waals surface area contributed by atoms with Crippen molar-refractivity contribution in [2.24, 2.45) is 0 Å². The predicted octanol–water partition coefficient (Wildman–Crippen LogP) is 2.14. The molecule has 3 nitrogen and oxygen atoms in total. The molecule has 3 N–H and O–H groups in total. The lowest BCUT2D eigenvalue weighted by Gasteiger charge is -2.05. The standard InChI is InChI=1S/C12H18N2OS/c1-16-9-3-2-8-14-12(15)10-4-6-11(13)7-5-10/h4-7H,2-3,8-9,13H2,1H3,(H,14,15). The maximum Gasteiger partial charge on any atom is 0.251 e. The summed E-state index contributed by atoms with van der Waals surface area (Å²) < 4.78 is 0. The third-order valence-corrected chi connectivity index (χ3v) is 2.93. The number of anilines is 1. The van der Waals surface area contributed by atoms with Gasteiger partial charge in [-0.2, -0.15) is 11.8 Å². The van der Waals surface area contributed by atoms with E-state index >= 15 is 0 Å². The van der Waals surface area contributed by atoms with Gasteiger partial charge in [-0.15, -0.1) is 0 Å². The lowest BCUT2D eigenvalue weighted by Crippen LogP contribution is -2.24. The van der Waals surface area contributed by atoms with E-state index in [1.54, 1.807) is 24.3 Å². The molecule has 1 rings (SSSR count). The van der Waals surface area contributed by atoms with Crippen molar-refractivity contribution in [1.29, 1.82) is 0 Å². The molecule has 0 aliphatic heterocycles. The Kier molecular flexibility index (Phi) is 5.78. The number of unbranched alkanes of at least 4 members (excludes halogenated alkanes) is 1. The molecule has 0 saturated carbocycles. The van der Waals surface area contributed by atoms with Crippen molar-refractivity contribution in [3.8, 4) is 0 Å². The fraction of sp³-hybridized carbons (Fsp3) is 0.417. The molecule has 0 aromatic heterocycles. The Bertz CT molecular complexity index is 324.